The van der Waals surface area contributed by atoms with Crippen LogP contribution >= 0.6 is 0 Å². The summed E-state index contributed by atoms with van der Waals surface area (Å²) in [4.78, 5) is 2.38. The minimum absolute atomic E-state index is 0.160. The predicted octanol–water partition coefficient (Wildman–Crippen LogP) is 3.04. The van der Waals surface area contributed by atoms with Gasteiger partial charge in [0.1, 0.15) is 5.82 Å². The molecule has 0 bridgehead atoms. The van der Waals surface area contributed by atoms with Gasteiger partial charge in [-0.25, -0.2) is 4.39 Å². The molecule has 1 aliphatic rings. The Kier molecular flexibility index (Phi) is 4.59. The summed E-state index contributed by atoms with van der Waals surface area (Å²) >= 11 is 0. The molecule has 100 valence electrons. The second-order valence-electron chi connectivity index (χ2n) is 5.33. The van der Waals surface area contributed by atoms with E-state index in [1.54, 1.807) is 12.1 Å². The number of anilines is 1. The lowest BCUT2D eigenvalue weighted by atomic mass is 10.0. The molecule has 2 atom stereocenters. The first-order valence-corrected chi connectivity index (χ1v) is 6.93. The largest absolute Gasteiger partial charge is 0.371 e. The number of halogens is 1. The van der Waals surface area contributed by atoms with Crippen LogP contribution in [-0.2, 0) is 0 Å². The molecule has 1 aliphatic heterocycles. The molecule has 1 N–H and O–H groups in total. The van der Waals surface area contributed by atoms with Gasteiger partial charge in [0.25, 0.3) is 0 Å². The van der Waals surface area contributed by atoms with Crippen molar-refractivity contribution in [1.29, 1.82) is 0 Å². The molecule has 0 radical (unpaired) electrons. The molecule has 2 rings (SSSR count). The summed E-state index contributed by atoms with van der Waals surface area (Å²) in [6.07, 6.45) is 2.32. The highest BCUT2D eigenvalue weighted by atomic mass is 19.1. The van der Waals surface area contributed by atoms with Gasteiger partial charge < -0.3 is 10.2 Å². The summed E-state index contributed by atoms with van der Waals surface area (Å²) < 4.78 is 13.0. The number of hydrogen-bond donors (Lipinski definition) is 1. The molecule has 0 spiro atoms. The van der Waals surface area contributed by atoms with Gasteiger partial charge in [0.2, 0.25) is 0 Å². The summed E-state index contributed by atoms with van der Waals surface area (Å²) in [5.41, 5.74) is 1.14. The van der Waals surface area contributed by atoms with Crippen LogP contribution in [0.1, 0.15) is 26.7 Å². The monoisotopic (exact) mass is 250 g/mol. The van der Waals surface area contributed by atoms with Crippen LogP contribution in [0.3, 0.4) is 0 Å². The summed E-state index contributed by atoms with van der Waals surface area (Å²) in [7, 11) is 0. The highest BCUT2D eigenvalue weighted by Gasteiger charge is 2.17. The van der Waals surface area contributed by atoms with Gasteiger partial charge >= 0.3 is 0 Å². The molecule has 0 aliphatic carbocycles. The zero-order valence-corrected chi connectivity index (χ0v) is 11.3. The van der Waals surface area contributed by atoms with Crippen molar-refractivity contribution in [2.24, 2.45) is 5.92 Å². The van der Waals surface area contributed by atoms with E-state index in [9.17, 15) is 4.39 Å². The van der Waals surface area contributed by atoms with Crippen LogP contribution < -0.4 is 10.2 Å². The maximum Gasteiger partial charge on any atom is 0.123 e. The molecule has 0 saturated carbocycles. The van der Waals surface area contributed by atoms with Gasteiger partial charge in [-0.05, 0) is 49.6 Å². The molecule has 0 aromatic heterocycles. The fourth-order valence-electron chi connectivity index (χ4n) is 2.55. The average molecular weight is 250 g/mol. The van der Waals surface area contributed by atoms with E-state index in [1.165, 1.54) is 6.42 Å². The highest BCUT2D eigenvalue weighted by molar-refractivity contribution is 5.46. The third-order valence-corrected chi connectivity index (χ3v) is 3.72. The first-order chi connectivity index (χ1) is 8.69. The Morgan fingerprint density at radius 3 is 2.72 bits per heavy atom. The number of benzene rings is 1. The molecule has 0 amide bonds. The van der Waals surface area contributed by atoms with Gasteiger partial charge in [-0.2, -0.15) is 0 Å². The standard InChI is InChI=1S/C15H23FN2/c1-3-14-8-9-18(11-12(2)10-17-14)15-6-4-13(16)5-7-15/h4-7,12,14,17H,3,8-11H2,1-2H3. The molecule has 2 unspecified atom stereocenters. The van der Waals surface area contributed by atoms with E-state index in [0.717, 1.165) is 31.7 Å². The van der Waals surface area contributed by atoms with Crippen LogP contribution in [0.5, 0.6) is 0 Å². The van der Waals surface area contributed by atoms with Gasteiger partial charge in [0.05, 0.1) is 0 Å². The zero-order chi connectivity index (χ0) is 13.0. The molecule has 1 aromatic rings. The predicted molar refractivity (Wildman–Crippen MR) is 74.5 cm³/mol. The molecular weight excluding hydrogens is 227 g/mol. The summed E-state index contributed by atoms with van der Waals surface area (Å²) in [5, 5.41) is 3.62. The van der Waals surface area contributed by atoms with Crippen LogP contribution in [0.25, 0.3) is 0 Å². The van der Waals surface area contributed by atoms with E-state index >= 15 is 0 Å². The fourth-order valence-corrected chi connectivity index (χ4v) is 2.55. The highest BCUT2D eigenvalue weighted by Crippen LogP contribution is 2.19. The normalized spacial score (nSPS) is 25.6. The third kappa shape index (κ3) is 3.45. The van der Waals surface area contributed by atoms with Crippen molar-refractivity contribution in [3.05, 3.63) is 30.1 Å². The topological polar surface area (TPSA) is 15.3 Å². The van der Waals surface area contributed by atoms with Gasteiger partial charge in [-0.3, -0.25) is 0 Å². The second kappa shape index (κ2) is 6.19. The Bertz CT molecular complexity index is 363. The van der Waals surface area contributed by atoms with Crippen LogP contribution in [0.2, 0.25) is 0 Å². The summed E-state index contributed by atoms with van der Waals surface area (Å²) in [6.45, 7) is 7.64. The smallest absolute Gasteiger partial charge is 0.123 e. The number of nitrogens with one attached hydrogen (secondary N) is 1. The molecule has 18 heavy (non-hydrogen) atoms. The van der Waals surface area contributed by atoms with E-state index < -0.39 is 0 Å². The van der Waals surface area contributed by atoms with Crippen molar-refractivity contribution >= 4 is 5.69 Å². The lowest BCUT2D eigenvalue weighted by molar-refractivity contribution is 0.388. The first-order valence-electron chi connectivity index (χ1n) is 6.93. The molecule has 1 aromatic carbocycles. The SMILES string of the molecule is CCC1CCN(c2ccc(F)cc2)CC(C)CN1. The van der Waals surface area contributed by atoms with Gasteiger partial charge in [0.15, 0.2) is 0 Å². The Morgan fingerprint density at radius 1 is 1.33 bits per heavy atom. The van der Waals surface area contributed by atoms with Crippen molar-refractivity contribution < 1.29 is 4.39 Å². The molecular formula is C15H23FN2. The lowest BCUT2D eigenvalue weighted by Gasteiger charge is -2.33. The number of nitrogens with zero attached hydrogens (tertiary/aromatic N) is 1. The molecule has 3 heteroatoms. The van der Waals surface area contributed by atoms with Crippen molar-refractivity contribution in [1.82, 2.24) is 5.32 Å². The maximum atomic E-state index is 13.0. The van der Waals surface area contributed by atoms with E-state index in [-0.39, 0.29) is 5.82 Å². The average Bonchev–Trinajstić information content (AvgIpc) is 2.36. The Morgan fingerprint density at radius 2 is 2.06 bits per heavy atom. The van der Waals surface area contributed by atoms with Crippen LogP contribution in [0, 0.1) is 11.7 Å². The van der Waals surface area contributed by atoms with Crippen molar-refractivity contribution in [3.8, 4) is 0 Å². The Labute approximate surface area is 109 Å². The van der Waals surface area contributed by atoms with Crippen molar-refractivity contribution in [2.75, 3.05) is 24.5 Å². The summed E-state index contributed by atoms with van der Waals surface area (Å²) in [6, 6.07) is 7.48. The lowest BCUT2D eigenvalue weighted by Crippen LogP contribution is -2.43. The van der Waals surface area contributed by atoms with E-state index in [2.05, 4.69) is 24.1 Å². The van der Waals surface area contributed by atoms with E-state index in [0.29, 0.717) is 12.0 Å². The minimum atomic E-state index is -0.160. The quantitative estimate of drug-likeness (QED) is 0.868. The van der Waals surface area contributed by atoms with Crippen LogP contribution in [-0.4, -0.2) is 25.7 Å². The van der Waals surface area contributed by atoms with Crippen molar-refractivity contribution in [3.63, 3.8) is 0 Å². The molecule has 2 nitrogen and oxygen atoms in total. The van der Waals surface area contributed by atoms with Gasteiger partial charge in [-0.15, -0.1) is 0 Å². The second-order valence-corrected chi connectivity index (χ2v) is 5.33. The fraction of sp³-hybridized carbons (Fsp3) is 0.600. The number of rotatable bonds is 2. The third-order valence-electron chi connectivity index (χ3n) is 3.72. The Hall–Kier alpha value is -1.09. The Balaban J connectivity index is 2.07. The maximum absolute atomic E-state index is 13.0. The first kappa shape index (κ1) is 13.3. The van der Waals surface area contributed by atoms with Gasteiger partial charge in [0, 0.05) is 24.8 Å². The van der Waals surface area contributed by atoms with Gasteiger partial charge in [-0.1, -0.05) is 13.8 Å². The van der Waals surface area contributed by atoms with Crippen molar-refractivity contribution in [2.45, 2.75) is 32.7 Å². The number of hydrogen-bond acceptors (Lipinski definition) is 2. The minimum Gasteiger partial charge on any atom is -0.371 e. The molecule has 1 fully saturated rings. The van der Waals surface area contributed by atoms with Crippen LogP contribution in [0.15, 0.2) is 24.3 Å². The molecule has 1 heterocycles. The van der Waals surface area contributed by atoms with E-state index in [1.807, 2.05) is 12.1 Å². The van der Waals surface area contributed by atoms with E-state index in [4.69, 9.17) is 0 Å². The molecule has 1 saturated heterocycles. The summed E-state index contributed by atoms with van der Waals surface area (Å²) in [5.74, 6) is 0.455. The van der Waals surface area contributed by atoms with Crippen LogP contribution in [0.4, 0.5) is 10.1 Å². The zero-order valence-electron chi connectivity index (χ0n) is 11.3.